The molecule has 5 aliphatic rings. The van der Waals surface area contributed by atoms with Crippen molar-refractivity contribution in [3.05, 3.63) is 23.3 Å². The lowest BCUT2D eigenvalue weighted by Gasteiger charge is -2.57. The fourth-order valence-corrected chi connectivity index (χ4v) is 7.93. The summed E-state index contributed by atoms with van der Waals surface area (Å²) in [7, 11) is 2.99. The molecular formula is C26H34O6. The summed E-state index contributed by atoms with van der Waals surface area (Å²) in [6, 6.07) is 0. The summed E-state index contributed by atoms with van der Waals surface area (Å²) < 4.78 is 16.8. The van der Waals surface area contributed by atoms with Crippen LogP contribution in [0.25, 0.3) is 0 Å². The molecule has 3 fully saturated rings. The summed E-state index contributed by atoms with van der Waals surface area (Å²) in [6.45, 7) is 4.51. The lowest BCUT2D eigenvalue weighted by atomic mass is 9.47. The number of esters is 1. The van der Waals surface area contributed by atoms with Gasteiger partial charge in [0.2, 0.25) is 6.29 Å². The summed E-state index contributed by atoms with van der Waals surface area (Å²) >= 11 is 0. The average Bonchev–Trinajstić information content (AvgIpc) is 3.29. The van der Waals surface area contributed by atoms with E-state index >= 15 is 0 Å². The standard InChI is InChI=1S/C26H34O6/c1-24-9-5-16(27)13-15(24)14-17(22(29)23(30-3)31-4)21-18(24)6-10-25(2)19(21)7-11-26(25)12-8-20(28)32-26/h6,13,17,19,21,23H,5,7-12,14H2,1-4H3/t17-,19+,21-,24+,25+,26-/m1/s1. The first-order valence-electron chi connectivity index (χ1n) is 11.9. The molecule has 0 aromatic carbocycles. The second-order valence-electron chi connectivity index (χ2n) is 10.9. The molecule has 0 bridgehead atoms. The highest BCUT2D eigenvalue weighted by atomic mass is 16.7. The van der Waals surface area contributed by atoms with Crippen molar-refractivity contribution >= 4 is 17.5 Å². The van der Waals surface area contributed by atoms with Gasteiger partial charge in [0.25, 0.3) is 0 Å². The highest BCUT2D eigenvalue weighted by molar-refractivity contribution is 5.93. The zero-order chi connectivity index (χ0) is 22.9. The van der Waals surface area contributed by atoms with Crippen LogP contribution in [0.5, 0.6) is 0 Å². The van der Waals surface area contributed by atoms with Crippen LogP contribution < -0.4 is 0 Å². The molecule has 6 atom stereocenters. The third-order valence-corrected chi connectivity index (χ3v) is 9.75. The average molecular weight is 443 g/mol. The van der Waals surface area contributed by atoms with Gasteiger partial charge in [0.15, 0.2) is 11.6 Å². The van der Waals surface area contributed by atoms with Gasteiger partial charge in [-0.3, -0.25) is 14.4 Å². The molecule has 6 heteroatoms. The number of carbonyl (C=O) groups is 3. The van der Waals surface area contributed by atoms with Crippen LogP contribution in [0.2, 0.25) is 0 Å². The van der Waals surface area contributed by atoms with Gasteiger partial charge in [0.05, 0.1) is 0 Å². The highest BCUT2D eigenvalue weighted by Gasteiger charge is 2.67. The predicted octanol–water partition coefficient (Wildman–Crippen LogP) is 3.93. The molecule has 0 unspecified atom stereocenters. The molecule has 1 spiro atoms. The van der Waals surface area contributed by atoms with Crippen LogP contribution in [0, 0.1) is 28.6 Å². The van der Waals surface area contributed by atoms with Crippen molar-refractivity contribution in [2.24, 2.45) is 28.6 Å². The van der Waals surface area contributed by atoms with E-state index in [0.29, 0.717) is 19.3 Å². The summed E-state index contributed by atoms with van der Waals surface area (Å²) in [5, 5.41) is 0. The lowest BCUT2D eigenvalue weighted by molar-refractivity contribution is -0.168. The number of allylic oxidation sites excluding steroid dienone is 4. The van der Waals surface area contributed by atoms with Crippen molar-refractivity contribution in [1.82, 2.24) is 0 Å². The fraction of sp³-hybridized carbons (Fsp3) is 0.731. The second-order valence-corrected chi connectivity index (χ2v) is 10.9. The summed E-state index contributed by atoms with van der Waals surface area (Å²) in [5.74, 6) is -0.0274. The Kier molecular flexibility index (Phi) is 5.06. The van der Waals surface area contributed by atoms with Crippen LogP contribution in [0.3, 0.4) is 0 Å². The molecule has 0 amide bonds. The third kappa shape index (κ3) is 2.81. The molecule has 0 N–H and O–H groups in total. The molecule has 32 heavy (non-hydrogen) atoms. The Bertz CT molecular complexity index is 929. The van der Waals surface area contributed by atoms with Crippen molar-refractivity contribution < 1.29 is 28.6 Å². The number of hydrogen-bond donors (Lipinski definition) is 0. The minimum absolute atomic E-state index is 0.0445. The van der Waals surface area contributed by atoms with Gasteiger partial charge in [-0.1, -0.05) is 31.1 Å². The third-order valence-electron chi connectivity index (χ3n) is 9.75. The van der Waals surface area contributed by atoms with E-state index in [-0.39, 0.29) is 46.1 Å². The normalized spacial score (nSPS) is 42.8. The summed E-state index contributed by atoms with van der Waals surface area (Å²) in [5.41, 5.74) is 1.57. The number of ketones is 2. The first kappa shape index (κ1) is 22.0. The number of fused-ring (bicyclic) bond motifs is 6. The van der Waals surface area contributed by atoms with Crippen molar-refractivity contribution in [2.45, 2.75) is 77.1 Å². The van der Waals surface area contributed by atoms with E-state index in [1.165, 1.54) is 19.8 Å². The van der Waals surface area contributed by atoms with E-state index in [4.69, 9.17) is 14.2 Å². The molecule has 1 aliphatic heterocycles. The maximum atomic E-state index is 13.7. The van der Waals surface area contributed by atoms with Crippen molar-refractivity contribution in [3.8, 4) is 0 Å². The van der Waals surface area contributed by atoms with Gasteiger partial charge in [-0.05, 0) is 56.4 Å². The number of rotatable bonds is 4. The molecule has 174 valence electrons. The number of hydrogen-bond acceptors (Lipinski definition) is 6. The van der Waals surface area contributed by atoms with E-state index < -0.39 is 11.9 Å². The molecule has 6 nitrogen and oxygen atoms in total. The van der Waals surface area contributed by atoms with Gasteiger partial charge >= 0.3 is 5.97 Å². The zero-order valence-electron chi connectivity index (χ0n) is 19.6. The Morgan fingerprint density at radius 1 is 1.12 bits per heavy atom. The summed E-state index contributed by atoms with van der Waals surface area (Å²) in [6.07, 6.45) is 8.99. The smallest absolute Gasteiger partial charge is 0.306 e. The lowest BCUT2D eigenvalue weighted by Crippen LogP contribution is -2.54. The Labute approximate surface area is 189 Å². The van der Waals surface area contributed by atoms with E-state index in [9.17, 15) is 14.4 Å². The van der Waals surface area contributed by atoms with E-state index in [1.54, 1.807) is 6.08 Å². The van der Waals surface area contributed by atoms with Crippen LogP contribution in [0.15, 0.2) is 23.3 Å². The molecule has 4 aliphatic carbocycles. The highest BCUT2D eigenvalue weighted by Crippen LogP contribution is 2.69. The van der Waals surface area contributed by atoms with Gasteiger partial charge in [0.1, 0.15) is 5.60 Å². The topological polar surface area (TPSA) is 78.9 Å². The van der Waals surface area contributed by atoms with Gasteiger partial charge < -0.3 is 14.2 Å². The summed E-state index contributed by atoms with van der Waals surface area (Å²) in [4.78, 5) is 38.1. The SMILES string of the molecule is COC(OC)C(=O)[C@@H]1CC2=CC(=O)CC[C@]2(C)C2=CC[C@@]3(C)[C@@H](CC[C@@]34CCC(=O)O4)[C@@H]21. The largest absolute Gasteiger partial charge is 0.458 e. The maximum Gasteiger partial charge on any atom is 0.306 e. The van der Waals surface area contributed by atoms with Gasteiger partial charge in [-0.15, -0.1) is 0 Å². The van der Waals surface area contributed by atoms with Gasteiger partial charge in [0, 0.05) is 43.8 Å². The fourth-order valence-electron chi connectivity index (χ4n) is 7.93. The molecule has 0 radical (unpaired) electrons. The van der Waals surface area contributed by atoms with Crippen LogP contribution in [-0.2, 0) is 28.6 Å². The number of ether oxygens (including phenoxy) is 3. The van der Waals surface area contributed by atoms with Gasteiger partial charge in [-0.2, -0.15) is 0 Å². The maximum absolute atomic E-state index is 13.7. The van der Waals surface area contributed by atoms with Crippen LogP contribution in [0.1, 0.15) is 65.2 Å². The van der Waals surface area contributed by atoms with Crippen LogP contribution in [-0.4, -0.2) is 43.6 Å². The Balaban J connectivity index is 1.62. The second kappa shape index (κ2) is 7.36. The molecule has 2 saturated carbocycles. The Hall–Kier alpha value is -1.79. The minimum atomic E-state index is -0.918. The van der Waals surface area contributed by atoms with E-state index in [1.807, 2.05) is 0 Å². The predicted molar refractivity (Wildman–Crippen MR) is 116 cm³/mol. The van der Waals surface area contributed by atoms with Crippen molar-refractivity contribution in [1.29, 1.82) is 0 Å². The monoisotopic (exact) mass is 442 g/mol. The molecule has 0 aromatic heterocycles. The van der Waals surface area contributed by atoms with Crippen LogP contribution in [0.4, 0.5) is 0 Å². The molecule has 1 heterocycles. The van der Waals surface area contributed by atoms with Crippen molar-refractivity contribution in [2.75, 3.05) is 14.2 Å². The molecule has 1 saturated heterocycles. The number of Topliss-reactive ketones (excluding diaryl/α,β-unsaturated/α-hetero) is 1. The van der Waals surface area contributed by atoms with Gasteiger partial charge in [-0.25, -0.2) is 0 Å². The molecular weight excluding hydrogens is 408 g/mol. The molecule has 0 aromatic rings. The van der Waals surface area contributed by atoms with E-state index in [0.717, 1.165) is 37.7 Å². The number of carbonyl (C=O) groups excluding carboxylic acids is 3. The minimum Gasteiger partial charge on any atom is -0.458 e. The van der Waals surface area contributed by atoms with E-state index in [2.05, 4.69) is 19.9 Å². The zero-order valence-corrected chi connectivity index (χ0v) is 19.6. The molecule has 5 rings (SSSR count). The quantitative estimate of drug-likeness (QED) is 0.373. The first-order valence-corrected chi connectivity index (χ1v) is 11.9. The Morgan fingerprint density at radius 2 is 1.88 bits per heavy atom. The van der Waals surface area contributed by atoms with Crippen molar-refractivity contribution in [3.63, 3.8) is 0 Å². The Morgan fingerprint density at radius 3 is 2.53 bits per heavy atom. The number of methoxy groups -OCH3 is 2. The first-order chi connectivity index (χ1) is 15.2. The van der Waals surface area contributed by atoms with Crippen LogP contribution >= 0.6 is 0 Å².